The van der Waals surface area contributed by atoms with Crippen molar-refractivity contribution in [1.82, 2.24) is 0 Å². The zero-order chi connectivity index (χ0) is 16.5. The lowest BCUT2D eigenvalue weighted by atomic mass is 9.96. The Balaban J connectivity index is 2.29. The van der Waals surface area contributed by atoms with Gasteiger partial charge in [-0.1, -0.05) is 55.8 Å². The summed E-state index contributed by atoms with van der Waals surface area (Å²) >= 11 is 0. The number of anilines is 1. The minimum absolute atomic E-state index is 0.105. The Kier molecular flexibility index (Phi) is 4.50. The number of nitrogen functional groups attached to an aromatic ring is 1. The van der Waals surface area contributed by atoms with Crippen LogP contribution in [-0.2, 0) is 6.42 Å². The van der Waals surface area contributed by atoms with Crippen LogP contribution in [-0.4, -0.2) is 13.1 Å². The SMILES string of the molecule is Cc1ccc(-c2ccc(CC(C)(C)[Si](C)(C)O)c(N)c2)cc1. The van der Waals surface area contributed by atoms with Crippen LogP contribution >= 0.6 is 0 Å². The first-order chi connectivity index (χ1) is 10.1. The fourth-order valence-corrected chi connectivity index (χ4v) is 3.00. The first-order valence-electron chi connectivity index (χ1n) is 7.78. The Morgan fingerprint density at radius 1 is 1.00 bits per heavy atom. The molecule has 0 aromatic heterocycles. The molecule has 2 aromatic carbocycles. The Morgan fingerprint density at radius 3 is 2.05 bits per heavy atom. The van der Waals surface area contributed by atoms with Crippen LogP contribution in [0.3, 0.4) is 0 Å². The zero-order valence-electron chi connectivity index (χ0n) is 14.3. The molecule has 22 heavy (non-hydrogen) atoms. The molecule has 2 aromatic rings. The van der Waals surface area contributed by atoms with Gasteiger partial charge in [-0.15, -0.1) is 0 Å². The second-order valence-corrected chi connectivity index (χ2v) is 11.9. The average Bonchev–Trinajstić information content (AvgIpc) is 2.40. The number of nitrogens with two attached hydrogens (primary N) is 1. The number of rotatable bonds is 4. The zero-order valence-corrected chi connectivity index (χ0v) is 15.3. The Labute approximate surface area is 135 Å². The van der Waals surface area contributed by atoms with Gasteiger partial charge in [0.05, 0.1) is 0 Å². The largest absolute Gasteiger partial charge is 0.432 e. The monoisotopic (exact) mass is 313 g/mol. The molecule has 3 N–H and O–H groups in total. The van der Waals surface area contributed by atoms with Crippen molar-refractivity contribution >= 4 is 14.0 Å². The van der Waals surface area contributed by atoms with Gasteiger partial charge < -0.3 is 10.5 Å². The van der Waals surface area contributed by atoms with Crippen LogP contribution < -0.4 is 5.73 Å². The van der Waals surface area contributed by atoms with Crippen LogP contribution in [0.5, 0.6) is 0 Å². The highest BCUT2D eigenvalue weighted by Crippen LogP contribution is 2.40. The van der Waals surface area contributed by atoms with Gasteiger partial charge in [0.1, 0.15) is 0 Å². The predicted molar refractivity (Wildman–Crippen MR) is 98.5 cm³/mol. The summed E-state index contributed by atoms with van der Waals surface area (Å²) in [6, 6.07) is 14.7. The summed E-state index contributed by atoms with van der Waals surface area (Å²) in [4.78, 5) is 10.5. The fourth-order valence-electron chi connectivity index (χ4n) is 2.37. The van der Waals surface area contributed by atoms with E-state index in [1.165, 1.54) is 11.1 Å². The van der Waals surface area contributed by atoms with Crippen molar-refractivity contribution < 1.29 is 4.80 Å². The average molecular weight is 314 g/mol. The van der Waals surface area contributed by atoms with E-state index in [2.05, 4.69) is 57.2 Å². The normalized spacial score (nSPS) is 12.5. The highest BCUT2D eigenvalue weighted by atomic mass is 28.4. The molecule has 0 spiro atoms. The second kappa shape index (κ2) is 5.90. The van der Waals surface area contributed by atoms with Crippen LogP contribution in [0.25, 0.3) is 11.1 Å². The van der Waals surface area contributed by atoms with Gasteiger partial charge in [-0.3, -0.25) is 0 Å². The quantitative estimate of drug-likeness (QED) is 0.631. The van der Waals surface area contributed by atoms with Crippen molar-refractivity contribution in [3.63, 3.8) is 0 Å². The van der Waals surface area contributed by atoms with Gasteiger partial charge in [0.15, 0.2) is 8.32 Å². The maximum atomic E-state index is 10.5. The van der Waals surface area contributed by atoms with Crippen molar-refractivity contribution in [2.75, 3.05) is 5.73 Å². The molecule has 2 rings (SSSR count). The van der Waals surface area contributed by atoms with Crippen LogP contribution in [0.4, 0.5) is 5.69 Å². The van der Waals surface area contributed by atoms with Gasteiger partial charge in [-0.05, 0) is 54.2 Å². The standard InChI is InChI=1S/C19H27NOSi/c1-14-6-8-15(9-7-14)16-10-11-17(18(20)12-16)13-19(2,3)22(4,5)21/h6-12,21H,13,20H2,1-5H3. The molecule has 0 fully saturated rings. The van der Waals surface area contributed by atoms with Crippen molar-refractivity contribution in [3.8, 4) is 11.1 Å². The minimum atomic E-state index is -2.23. The molecule has 0 unspecified atom stereocenters. The molecule has 0 aliphatic carbocycles. The summed E-state index contributed by atoms with van der Waals surface area (Å²) in [5.74, 6) is 0. The lowest BCUT2D eigenvalue weighted by molar-refractivity contribution is 0.468. The maximum absolute atomic E-state index is 10.5. The van der Waals surface area contributed by atoms with Crippen molar-refractivity contribution in [2.45, 2.75) is 45.3 Å². The molecule has 2 nitrogen and oxygen atoms in total. The molecule has 0 heterocycles. The van der Waals surface area contributed by atoms with Gasteiger partial charge in [-0.2, -0.15) is 0 Å². The number of aryl methyl sites for hydroxylation is 1. The number of hydrogen-bond donors (Lipinski definition) is 2. The van der Waals surface area contributed by atoms with E-state index in [1.54, 1.807) is 0 Å². The topological polar surface area (TPSA) is 46.2 Å². The second-order valence-electron chi connectivity index (χ2n) is 7.40. The highest BCUT2D eigenvalue weighted by molar-refractivity contribution is 6.72. The summed E-state index contributed by atoms with van der Waals surface area (Å²) < 4.78 is 0. The minimum Gasteiger partial charge on any atom is -0.432 e. The predicted octanol–water partition coefficient (Wildman–Crippen LogP) is 4.76. The fraction of sp³-hybridized carbons (Fsp3) is 0.368. The molecule has 0 radical (unpaired) electrons. The Morgan fingerprint density at radius 2 is 1.55 bits per heavy atom. The van der Waals surface area contributed by atoms with E-state index < -0.39 is 8.32 Å². The molecular weight excluding hydrogens is 286 g/mol. The summed E-state index contributed by atoms with van der Waals surface area (Å²) in [5, 5.41) is -0.105. The van der Waals surface area contributed by atoms with E-state index in [0.29, 0.717) is 0 Å². The maximum Gasteiger partial charge on any atom is 0.188 e. The third kappa shape index (κ3) is 3.60. The molecule has 0 aliphatic heterocycles. The third-order valence-electron chi connectivity index (χ3n) is 4.82. The molecule has 0 amide bonds. The van der Waals surface area contributed by atoms with E-state index in [4.69, 9.17) is 5.73 Å². The Bertz CT molecular complexity index is 654. The lowest BCUT2D eigenvalue weighted by Crippen LogP contribution is -2.40. The molecule has 118 valence electrons. The lowest BCUT2D eigenvalue weighted by Gasteiger charge is -2.35. The van der Waals surface area contributed by atoms with E-state index in [0.717, 1.165) is 23.2 Å². The third-order valence-corrected chi connectivity index (χ3v) is 8.31. The first kappa shape index (κ1) is 16.8. The van der Waals surface area contributed by atoms with E-state index >= 15 is 0 Å². The van der Waals surface area contributed by atoms with Crippen LogP contribution in [0.15, 0.2) is 42.5 Å². The molecule has 0 saturated carbocycles. The summed E-state index contributed by atoms with van der Waals surface area (Å²) in [6.45, 7) is 10.3. The molecular formula is C19H27NOSi. The van der Waals surface area contributed by atoms with Gasteiger partial charge >= 0.3 is 0 Å². The van der Waals surface area contributed by atoms with E-state index in [-0.39, 0.29) is 5.04 Å². The van der Waals surface area contributed by atoms with Gasteiger partial charge in [-0.25, -0.2) is 0 Å². The van der Waals surface area contributed by atoms with Crippen LogP contribution in [0.1, 0.15) is 25.0 Å². The van der Waals surface area contributed by atoms with Gasteiger partial charge in [0, 0.05) is 5.69 Å². The van der Waals surface area contributed by atoms with Crippen LogP contribution in [0.2, 0.25) is 18.1 Å². The molecule has 3 heteroatoms. The number of hydrogen-bond acceptors (Lipinski definition) is 2. The summed E-state index contributed by atoms with van der Waals surface area (Å²) in [7, 11) is -2.23. The van der Waals surface area contributed by atoms with Gasteiger partial charge in [0.25, 0.3) is 0 Å². The molecule has 0 aliphatic rings. The smallest absolute Gasteiger partial charge is 0.188 e. The molecule has 0 bridgehead atoms. The van der Waals surface area contributed by atoms with E-state index in [1.807, 2.05) is 19.2 Å². The van der Waals surface area contributed by atoms with Crippen molar-refractivity contribution in [2.24, 2.45) is 0 Å². The molecule has 0 saturated heterocycles. The van der Waals surface area contributed by atoms with Crippen LogP contribution in [0, 0.1) is 6.92 Å². The Hall–Kier alpha value is -1.58. The van der Waals surface area contributed by atoms with E-state index in [9.17, 15) is 4.80 Å². The first-order valence-corrected chi connectivity index (χ1v) is 10.7. The number of benzene rings is 2. The highest BCUT2D eigenvalue weighted by Gasteiger charge is 2.38. The molecule has 0 atom stereocenters. The summed E-state index contributed by atoms with van der Waals surface area (Å²) in [6.07, 6.45) is 0.808. The summed E-state index contributed by atoms with van der Waals surface area (Å²) in [5.41, 5.74) is 11.8. The van der Waals surface area contributed by atoms with Crippen molar-refractivity contribution in [1.29, 1.82) is 0 Å². The van der Waals surface area contributed by atoms with Crippen molar-refractivity contribution in [3.05, 3.63) is 53.6 Å². The van der Waals surface area contributed by atoms with Gasteiger partial charge in [0.2, 0.25) is 0 Å².